The highest BCUT2D eigenvalue weighted by molar-refractivity contribution is 9.10. The van der Waals surface area contributed by atoms with Gasteiger partial charge in [-0.1, -0.05) is 0 Å². The lowest BCUT2D eigenvalue weighted by Gasteiger charge is -2.33. The molecule has 1 amide bonds. The van der Waals surface area contributed by atoms with E-state index in [1.807, 2.05) is 17.0 Å². The van der Waals surface area contributed by atoms with E-state index in [4.69, 9.17) is 8.83 Å². The monoisotopic (exact) mass is 338 g/mol. The van der Waals surface area contributed by atoms with E-state index >= 15 is 0 Å². The first-order valence-corrected chi connectivity index (χ1v) is 7.31. The smallest absolute Gasteiger partial charge is 0.289 e. The maximum atomic E-state index is 12.2. The van der Waals surface area contributed by atoms with Crippen LogP contribution in [0.3, 0.4) is 0 Å². The van der Waals surface area contributed by atoms with E-state index in [0.29, 0.717) is 23.5 Å². The summed E-state index contributed by atoms with van der Waals surface area (Å²) >= 11 is 3.21. The van der Waals surface area contributed by atoms with Gasteiger partial charge in [-0.2, -0.15) is 0 Å². The van der Waals surface area contributed by atoms with Crippen molar-refractivity contribution in [2.45, 2.75) is 6.54 Å². The Kier molecular flexibility index (Phi) is 3.93. The van der Waals surface area contributed by atoms with Crippen LogP contribution in [0.25, 0.3) is 0 Å². The Morgan fingerprint density at radius 1 is 1.20 bits per heavy atom. The van der Waals surface area contributed by atoms with E-state index in [9.17, 15) is 4.79 Å². The van der Waals surface area contributed by atoms with Gasteiger partial charge in [-0.25, -0.2) is 0 Å². The maximum absolute atomic E-state index is 12.2. The van der Waals surface area contributed by atoms with Crippen molar-refractivity contribution in [2.75, 3.05) is 26.2 Å². The van der Waals surface area contributed by atoms with Crippen molar-refractivity contribution in [1.82, 2.24) is 9.80 Å². The third-order valence-corrected chi connectivity index (χ3v) is 3.83. The van der Waals surface area contributed by atoms with E-state index in [1.54, 1.807) is 18.4 Å². The van der Waals surface area contributed by atoms with Gasteiger partial charge in [-0.3, -0.25) is 9.69 Å². The number of nitrogens with zero attached hydrogens (tertiary/aromatic N) is 2. The summed E-state index contributed by atoms with van der Waals surface area (Å²) in [6.45, 7) is 3.89. The fourth-order valence-corrected chi connectivity index (χ4v) is 2.62. The van der Waals surface area contributed by atoms with Crippen LogP contribution in [-0.2, 0) is 6.54 Å². The molecule has 0 N–H and O–H groups in total. The van der Waals surface area contributed by atoms with Gasteiger partial charge in [0.25, 0.3) is 5.91 Å². The van der Waals surface area contributed by atoms with E-state index < -0.39 is 0 Å². The van der Waals surface area contributed by atoms with Crippen LogP contribution in [0.2, 0.25) is 0 Å². The zero-order chi connectivity index (χ0) is 13.9. The predicted octanol–water partition coefficient (Wildman–Crippen LogP) is 2.59. The highest BCUT2D eigenvalue weighted by Gasteiger charge is 2.24. The van der Waals surface area contributed by atoms with E-state index in [0.717, 1.165) is 25.4 Å². The molecule has 0 saturated carbocycles. The lowest BCUT2D eigenvalue weighted by molar-refractivity contribution is 0.0588. The van der Waals surface area contributed by atoms with Crippen molar-refractivity contribution >= 4 is 21.8 Å². The zero-order valence-electron chi connectivity index (χ0n) is 10.9. The fraction of sp³-hybridized carbons (Fsp3) is 0.357. The number of amides is 1. The van der Waals surface area contributed by atoms with Crippen molar-refractivity contribution < 1.29 is 13.6 Å². The molecule has 106 valence electrons. The Labute approximate surface area is 125 Å². The number of rotatable bonds is 3. The van der Waals surface area contributed by atoms with Crippen LogP contribution in [-0.4, -0.2) is 41.9 Å². The first-order valence-electron chi connectivity index (χ1n) is 6.52. The minimum Gasteiger partial charge on any atom is -0.468 e. The second-order valence-corrected chi connectivity index (χ2v) is 5.53. The standard InChI is InChI=1S/C14H15BrN2O3/c15-13-4-3-12(20-13)14(18)17-7-5-16(6-8-17)10-11-2-1-9-19-11/h1-4,9H,5-8,10H2. The number of carbonyl (C=O) groups excluding carboxylic acids is 1. The van der Waals surface area contributed by atoms with Crippen LogP contribution >= 0.6 is 15.9 Å². The zero-order valence-corrected chi connectivity index (χ0v) is 12.5. The molecule has 0 bridgehead atoms. The van der Waals surface area contributed by atoms with E-state index in [2.05, 4.69) is 20.8 Å². The Bertz CT molecular complexity index is 571. The average Bonchev–Trinajstić information content (AvgIpc) is 3.10. The highest BCUT2D eigenvalue weighted by atomic mass is 79.9. The van der Waals surface area contributed by atoms with Crippen LogP contribution in [0, 0.1) is 0 Å². The highest BCUT2D eigenvalue weighted by Crippen LogP contribution is 2.17. The molecule has 0 spiro atoms. The quantitative estimate of drug-likeness (QED) is 0.863. The topological polar surface area (TPSA) is 49.8 Å². The number of hydrogen-bond donors (Lipinski definition) is 0. The Balaban J connectivity index is 1.54. The molecular weight excluding hydrogens is 324 g/mol. The van der Waals surface area contributed by atoms with Crippen molar-refractivity contribution in [3.05, 3.63) is 46.7 Å². The van der Waals surface area contributed by atoms with Gasteiger partial charge in [-0.15, -0.1) is 0 Å². The van der Waals surface area contributed by atoms with Gasteiger partial charge in [0.1, 0.15) is 5.76 Å². The molecule has 5 nitrogen and oxygen atoms in total. The molecule has 3 heterocycles. The molecule has 6 heteroatoms. The molecule has 0 aliphatic carbocycles. The minimum absolute atomic E-state index is 0.0478. The minimum atomic E-state index is -0.0478. The average molecular weight is 339 g/mol. The van der Waals surface area contributed by atoms with Gasteiger partial charge < -0.3 is 13.7 Å². The molecule has 1 saturated heterocycles. The SMILES string of the molecule is O=C(c1ccc(Br)o1)N1CCN(Cc2ccco2)CC1. The number of piperazine rings is 1. The summed E-state index contributed by atoms with van der Waals surface area (Å²) in [5, 5.41) is 0. The van der Waals surface area contributed by atoms with Crippen molar-refractivity contribution in [3.8, 4) is 0 Å². The lowest BCUT2D eigenvalue weighted by atomic mass is 10.2. The third kappa shape index (κ3) is 2.96. The van der Waals surface area contributed by atoms with E-state index in [-0.39, 0.29) is 5.91 Å². The van der Waals surface area contributed by atoms with E-state index in [1.165, 1.54) is 0 Å². The Morgan fingerprint density at radius 2 is 2.00 bits per heavy atom. The molecule has 0 unspecified atom stereocenters. The van der Waals surface area contributed by atoms with Gasteiger partial charge in [0.15, 0.2) is 10.4 Å². The summed E-state index contributed by atoms with van der Waals surface area (Å²) in [6, 6.07) is 7.30. The summed E-state index contributed by atoms with van der Waals surface area (Å²) in [5.74, 6) is 1.30. The number of halogens is 1. The van der Waals surface area contributed by atoms with Crippen molar-refractivity contribution in [2.24, 2.45) is 0 Å². The van der Waals surface area contributed by atoms with Crippen LogP contribution in [0.15, 0.2) is 44.0 Å². The molecule has 1 aliphatic heterocycles. The van der Waals surface area contributed by atoms with Gasteiger partial charge in [0.2, 0.25) is 0 Å². The van der Waals surface area contributed by atoms with Crippen LogP contribution in [0.1, 0.15) is 16.3 Å². The van der Waals surface area contributed by atoms with Gasteiger partial charge in [0.05, 0.1) is 12.8 Å². The van der Waals surface area contributed by atoms with Gasteiger partial charge in [0, 0.05) is 26.2 Å². The number of carbonyl (C=O) groups is 1. The summed E-state index contributed by atoms with van der Waals surface area (Å²) < 4.78 is 11.2. The normalized spacial score (nSPS) is 16.6. The van der Waals surface area contributed by atoms with Crippen LogP contribution in [0.4, 0.5) is 0 Å². The number of hydrogen-bond acceptors (Lipinski definition) is 4. The molecule has 20 heavy (non-hydrogen) atoms. The first-order chi connectivity index (χ1) is 9.72. The Morgan fingerprint density at radius 3 is 2.60 bits per heavy atom. The molecule has 0 atom stereocenters. The largest absolute Gasteiger partial charge is 0.468 e. The lowest BCUT2D eigenvalue weighted by Crippen LogP contribution is -2.48. The van der Waals surface area contributed by atoms with Crippen molar-refractivity contribution in [1.29, 1.82) is 0 Å². The molecule has 0 radical (unpaired) electrons. The molecule has 3 rings (SSSR count). The maximum Gasteiger partial charge on any atom is 0.289 e. The Hall–Kier alpha value is -1.53. The second kappa shape index (κ2) is 5.85. The fourth-order valence-electron chi connectivity index (χ4n) is 2.32. The molecular formula is C14H15BrN2O3. The summed E-state index contributed by atoms with van der Waals surface area (Å²) in [4.78, 5) is 16.3. The molecule has 2 aromatic heterocycles. The second-order valence-electron chi connectivity index (χ2n) is 4.75. The summed E-state index contributed by atoms with van der Waals surface area (Å²) in [7, 11) is 0. The number of furan rings is 2. The molecule has 1 fully saturated rings. The van der Waals surface area contributed by atoms with Crippen molar-refractivity contribution in [3.63, 3.8) is 0 Å². The van der Waals surface area contributed by atoms with Gasteiger partial charge >= 0.3 is 0 Å². The summed E-state index contributed by atoms with van der Waals surface area (Å²) in [5.41, 5.74) is 0. The molecule has 0 aromatic carbocycles. The van der Waals surface area contributed by atoms with Crippen LogP contribution in [0.5, 0.6) is 0 Å². The predicted molar refractivity (Wildman–Crippen MR) is 76.3 cm³/mol. The first kappa shape index (κ1) is 13.5. The van der Waals surface area contributed by atoms with Crippen LogP contribution < -0.4 is 0 Å². The molecule has 1 aliphatic rings. The summed E-state index contributed by atoms with van der Waals surface area (Å²) in [6.07, 6.45) is 1.68. The third-order valence-electron chi connectivity index (χ3n) is 3.40. The molecule has 2 aromatic rings. The van der Waals surface area contributed by atoms with Gasteiger partial charge in [-0.05, 0) is 40.2 Å².